The number of fused-ring (bicyclic) bond motifs is 1. The van der Waals surface area contributed by atoms with Gasteiger partial charge < -0.3 is 0 Å². The maximum Gasteiger partial charge on any atom is 0.263 e. The minimum atomic E-state index is -1.47. The van der Waals surface area contributed by atoms with E-state index in [1.165, 1.54) is 18.9 Å². The molecule has 0 amide bonds. The Morgan fingerprint density at radius 3 is 2.92 bits per heavy atom. The molecule has 0 aromatic carbocycles. The highest BCUT2D eigenvalue weighted by Gasteiger charge is 2.44. The van der Waals surface area contributed by atoms with Crippen LogP contribution in [0.3, 0.4) is 0 Å². The van der Waals surface area contributed by atoms with Crippen molar-refractivity contribution in [3.8, 4) is 0 Å². The molecule has 6 nitrogen and oxygen atoms in total. The lowest BCUT2D eigenvalue weighted by atomic mass is 10.0. The van der Waals surface area contributed by atoms with Crippen LogP contribution in [0.4, 0.5) is 0 Å². The van der Waals surface area contributed by atoms with Gasteiger partial charge in [-0.15, -0.1) is 0 Å². The van der Waals surface area contributed by atoms with E-state index < -0.39 is 11.4 Å². The van der Waals surface area contributed by atoms with Crippen molar-refractivity contribution < 1.29 is 9.59 Å². The van der Waals surface area contributed by atoms with Crippen molar-refractivity contribution in [2.45, 2.75) is 5.66 Å². The Morgan fingerprint density at radius 1 is 1.38 bits per heavy atom. The fourth-order valence-electron chi connectivity index (χ4n) is 1.11. The summed E-state index contributed by atoms with van der Waals surface area (Å²) in [6.07, 6.45) is 3.94. The SMILES string of the molecule is O=CC(=O)C12N=CN=CC1=NC=N2. The number of nitrogens with zero attached hydrogens (tertiary/aromatic N) is 4. The number of carbonyl (C=O) groups excluding carboxylic acids is 2. The maximum atomic E-state index is 11.2. The van der Waals surface area contributed by atoms with Gasteiger partial charge in [0.15, 0.2) is 6.29 Å². The number of ketones is 1. The van der Waals surface area contributed by atoms with Crippen LogP contribution in [0.15, 0.2) is 20.0 Å². The molecule has 0 aromatic heterocycles. The number of aliphatic imine (C=N–C) groups is 4. The van der Waals surface area contributed by atoms with Gasteiger partial charge in [-0.05, 0) is 0 Å². The minimum absolute atomic E-state index is 0.189. The van der Waals surface area contributed by atoms with Crippen molar-refractivity contribution in [3.63, 3.8) is 0 Å². The number of rotatable bonds is 2. The molecule has 0 saturated heterocycles. The van der Waals surface area contributed by atoms with Crippen molar-refractivity contribution in [2.24, 2.45) is 20.0 Å². The Morgan fingerprint density at radius 2 is 2.15 bits per heavy atom. The quantitative estimate of drug-likeness (QED) is 0.401. The predicted octanol–water partition coefficient (Wildman–Crippen LogP) is -0.954. The molecule has 0 N–H and O–H groups in total. The lowest BCUT2D eigenvalue weighted by Gasteiger charge is -2.18. The molecular weight excluding hydrogens is 172 g/mol. The van der Waals surface area contributed by atoms with E-state index in [1.54, 1.807) is 0 Å². The molecule has 0 radical (unpaired) electrons. The van der Waals surface area contributed by atoms with E-state index >= 15 is 0 Å². The van der Waals surface area contributed by atoms with E-state index in [9.17, 15) is 9.59 Å². The zero-order chi connectivity index (χ0) is 9.31. The van der Waals surface area contributed by atoms with Gasteiger partial charge in [0.2, 0.25) is 0 Å². The van der Waals surface area contributed by atoms with Gasteiger partial charge in [0.25, 0.3) is 11.4 Å². The maximum absolute atomic E-state index is 11.2. The normalized spacial score (nSPS) is 28.5. The molecule has 2 aliphatic heterocycles. The van der Waals surface area contributed by atoms with Gasteiger partial charge in [-0.3, -0.25) is 9.59 Å². The van der Waals surface area contributed by atoms with Crippen LogP contribution in [-0.4, -0.2) is 42.3 Å². The van der Waals surface area contributed by atoms with Crippen LogP contribution in [0, 0.1) is 0 Å². The highest BCUT2D eigenvalue weighted by Crippen LogP contribution is 2.21. The summed E-state index contributed by atoms with van der Waals surface area (Å²) in [7, 11) is 0. The van der Waals surface area contributed by atoms with Crippen LogP contribution in [-0.2, 0) is 9.59 Å². The van der Waals surface area contributed by atoms with E-state index in [-0.39, 0.29) is 12.0 Å². The number of carbonyl (C=O) groups is 2. The van der Waals surface area contributed by atoms with Gasteiger partial charge in [-0.25, -0.2) is 20.0 Å². The van der Waals surface area contributed by atoms with Crippen molar-refractivity contribution >= 4 is 36.7 Å². The molecule has 2 aliphatic rings. The first-order valence-corrected chi connectivity index (χ1v) is 3.48. The second kappa shape index (κ2) is 2.51. The van der Waals surface area contributed by atoms with Crippen molar-refractivity contribution in [1.29, 1.82) is 0 Å². The van der Waals surface area contributed by atoms with E-state index in [2.05, 4.69) is 20.0 Å². The number of hydrogen-bond acceptors (Lipinski definition) is 6. The Labute approximate surface area is 72.8 Å². The molecule has 0 aliphatic carbocycles. The first-order valence-electron chi connectivity index (χ1n) is 3.48. The van der Waals surface area contributed by atoms with Crippen molar-refractivity contribution in [1.82, 2.24) is 0 Å². The third-order valence-corrected chi connectivity index (χ3v) is 1.76. The van der Waals surface area contributed by atoms with Gasteiger partial charge in [0, 0.05) is 0 Å². The Kier molecular flexibility index (Phi) is 1.48. The monoisotopic (exact) mass is 176 g/mol. The van der Waals surface area contributed by atoms with Crippen molar-refractivity contribution in [3.05, 3.63) is 0 Å². The van der Waals surface area contributed by atoms with Crippen LogP contribution in [0.2, 0.25) is 0 Å². The van der Waals surface area contributed by atoms with Gasteiger partial charge >= 0.3 is 0 Å². The lowest BCUT2D eigenvalue weighted by Crippen LogP contribution is -2.44. The largest absolute Gasteiger partial charge is 0.294 e. The summed E-state index contributed by atoms with van der Waals surface area (Å²) < 4.78 is 0. The minimum Gasteiger partial charge on any atom is -0.294 e. The van der Waals surface area contributed by atoms with E-state index in [0.29, 0.717) is 0 Å². The van der Waals surface area contributed by atoms with Gasteiger partial charge in [0.1, 0.15) is 18.4 Å². The molecule has 0 fully saturated rings. The third-order valence-electron chi connectivity index (χ3n) is 1.76. The third kappa shape index (κ3) is 0.883. The molecule has 0 aromatic rings. The highest BCUT2D eigenvalue weighted by molar-refractivity contribution is 6.51. The fourth-order valence-corrected chi connectivity index (χ4v) is 1.11. The summed E-state index contributed by atoms with van der Waals surface area (Å²) in [5.74, 6) is -0.734. The molecule has 0 spiro atoms. The highest BCUT2D eigenvalue weighted by atomic mass is 16.2. The van der Waals surface area contributed by atoms with Gasteiger partial charge in [-0.2, -0.15) is 0 Å². The molecule has 1 unspecified atom stereocenters. The summed E-state index contributed by atoms with van der Waals surface area (Å²) in [6.45, 7) is 0. The molecule has 64 valence electrons. The van der Waals surface area contributed by atoms with Crippen molar-refractivity contribution in [2.75, 3.05) is 0 Å². The number of hydrogen-bond donors (Lipinski definition) is 0. The first-order chi connectivity index (χ1) is 6.29. The second-order valence-electron chi connectivity index (χ2n) is 2.44. The van der Waals surface area contributed by atoms with Gasteiger partial charge in [-0.1, -0.05) is 0 Å². The summed E-state index contributed by atoms with van der Waals surface area (Å²) in [6, 6.07) is 0. The molecule has 2 heterocycles. The average Bonchev–Trinajstić information content (AvgIpc) is 2.61. The standard InChI is InChI=1S/C7H4N4O2/c12-2-6(13)7-5(9-4-11-7)1-8-3-10-7/h1-4H. The molecule has 1 atom stereocenters. The smallest absolute Gasteiger partial charge is 0.263 e. The first kappa shape index (κ1) is 7.66. The van der Waals surface area contributed by atoms with E-state index in [4.69, 9.17) is 0 Å². The fraction of sp³-hybridized carbons (Fsp3) is 0.143. The van der Waals surface area contributed by atoms with E-state index in [1.807, 2.05) is 0 Å². The van der Waals surface area contributed by atoms with Crippen LogP contribution in [0.5, 0.6) is 0 Å². The molecular formula is C7H4N4O2. The number of Topliss-reactive ketones (excluding diaryl/α,β-unsaturated/α-hetero) is 1. The van der Waals surface area contributed by atoms with Crippen LogP contribution in [0.1, 0.15) is 0 Å². The predicted molar refractivity (Wildman–Crippen MR) is 46.7 cm³/mol. The van der Waals surface area contributed by atoms with Crippen LogP contribution in [0.25, 0.3) is 0 Å². The molecule has 13 heavy (non-hydrogen) atoms. The van der Waals surface area contributed by atoms with Crippen LogP contribution < -0.4 is 0 Å². The summed E-state index contributed by atoms with van der Waals surface area (Å²) in [5.41, 5.74) is -1.18. The summed E-state index contributed by atoms with van der Waals surface area (Å²) in [4.78, 5) is 36.6. The van der Waals surface area contributed by atoms with Gasteiger partial charge in [0.05, 0.1) is 6.21 Å². The second-order valence-corrected chi connectivity index (χ2v) is 2.44. The molecule has 0 saturated carbocycles. The topological polar surface area (TPSA) is 83.6 Å². The Hall–Kier alpha value is -1.98. The number of aldehydes is 1. The average molecular weight is 176 g/mol. The molecule has 6 heteroatoms. The summed E-state index contributed by atoms with van der Waals surface area (Å²) >= 11 is 0. The molecule has 2 rings (SSSR count). The Balaban J connectivity index is 2.52. The summed E-state index contributed by atoms with van der Waals surface area (Å²) in [5, 5.41) is 0. The zero-order valence-electron chi connectivity index (χ0n) is 6.41. The zero-order valence-corrected chi connectivity index (χ0v) is 6.41. The molecule has 0 bridgehead atoms. The Bertz CT molecular complexity index is 393. The van der Waals surface area contributed by atoms with Crippen LogP contribution >= 0.6 is 0 Å². The lowest BCUT2D eigenvalue weighted by molar-refractivity contribution is -0.131. The van der Waals surface area contributed by atoms with E-state index in [0.717, 1.165) is 0 Å².